The lowest BCUT2D eigenvalue weighted by molar-refractivity contribution is -0.274. The second kappa shape index (κ2) is 7.69. The summed E-state index contributed by atoms with van der Waals surface area (Å²) >= 11 is 5.79. The van der Waals surface area contributed by atoms with Crippen LogP contribution in [0.4, 0.5) is 24.5 Å². The van der Waals surface area contributed by atoms with Crippen LogP contribution in [0.1, 0.15) is 0 Å². The second-order valence-electron chi connectivity index (χ2n) is 4.44. The molecule has 0 unspecified atom stereocenters. The fourth-order valence-corrected chi connectivity index (χ4v) is 1.83. The molecule has 2 aromatic rings. The molecule has 1 amide bonds. The lowest BCUT2D eigenvalue weighted by Gasteiger charge is -2.09. The van der Waals surface area contributed by atoms with E-state index in [1.165, 1.54) is 12.1 Å². The van der Waals surface area contributed by atoms with E-state index in [0.29, 0.717) is 16.4 Å². The highest BCUT2D eigenvalue weighted by molar-refractivity contribution is 6.32. The predicted octanol–water partition coefficient (Wildman–Crippen LogP) is 4.28. The normalized spacial score (nSPS) is 11.3. The summed E-state index contributed by atoms with van der Waals surface area (Å²) in [5, 5.41) is 6.68. The fraction of sp³-hybridized carbons (Fsp3) is 0.0667. The largest absolute Gasteiger partial charge is 0.573 e. The highest BCUT2D eigenvalue weighted by Crippen LogP contribution is 2.23. The van der Waals surface area contributed by atoms with E-state index in [2.05, 4.69) is 20.6 Å². The Morgan fingerprint density at radius 3 is 2.46 bits per heavy atom. The number of carbonyl (C=O) groups excluding carboxylic acids is 1. The van der Waals surface area contributed by atoms with Crippen molar-refractivity contribution in [1.82, 2.24) is 0 Å². The number of alkyl halides is 3. The number of halogens is 4. The molecule has 2 rings (SSSR count). The fourth-order valence-electron chi connectivity index (χ4n) is 1.64. The first kappa shape index (κ1) is 17.6. The number of ether oxygens (including phenoxy) is 1. The van der Waals surface area contributed by atoms with Gasteiger partial charge in [-0.1, -0.05) is 17.7 Å². The Morgan fingerprint density at radius 1 is 1.12 bits per heavy atom. The van der Waals surface area contributed by atoms with Gasteiger partial charge < -0.3 is 10.1 Å². The molecule has 9 heteroatoms. The van der Waals surface area contributed by atoms with E-state index in [9.17, 15) is 18.0 Å². The molecule has 0 aromatic heterocycles. The summed E-state index contributed by atoms with van der Waals surface area (Å²) in [5.74, 6) is -0.939. The van der Waals surface area contributed by atoms with Crippen molar-refractivity contribution < 1.29 is 22.7 Å². The van der Waals surface area contributed by atoms with Crippen LogP contribution in [0.3, 0.4) is 0 Å². The van der Waals surface area contributed by atoms with E-state index in [1.54, 1.807) is 24.3 Å². The number of rotatable bonds is 5. The molecule has 0 aliphatic carbocycles. The minimum atomic E-state index is -4.76. The molecule has 126 valence electrons. The van der Waals surface area contributed by atoms with Crippen LogP contribution in [-0.2, 0) is 4.79 Å². The van der Waals surface area contributed by atoms with Gasteiger partial charge in [0.05, 0.1) is 5.69 Å². The topological polar surface area (TPSA) is 62.7 Å². The zero-order valence-corrected chi connectivity index (χ0v) is 12.7. The van der Waals surface area contributed by atoms with Gasteiger partial charge in [0.1, 0.15) is 12.0 Å². The minimum absolute atomic E-state index is 0.295. The molecule has 2 aromatic carbocycles. The maximum absolute atomic E-state index is 12.0. The molecule has 0 radical (unpaired) electrons. The molecule has 0 aliphatic rings. The van der Waals surface area contributed by atoms with Gasteiger partial charge in [0.2, 0.25) is 0 Å². The van der Waals surface area contributed by atoms with Crippen LogP contribution < -0.4 is 15.5 Å². The summed E-state index contributed by atoms with van der Waals surface area (Å²) < 4.78 is 39.8. The van der Waals surface area contributed by atoms with Gasteiger partial charge in [-0.25, -0.2) is 0 Å². The number of nitrogens with zero attached hydrogens (tertiary/aromatic N) is 1. The van der Waals surface area contributed by atoms with E-state index in [0.717, 1.165) is 18.3 Å². The van der Waals surface area contributed by atoms with Gasteiger partial charge in [-0.3, -0.25) is 10.2 Å². The highest BCUT2D eigenvalue weighted by Gasteiger charge is 2.30. The van der Waals surface area contributed by atoms with Gasteiger partial charge in [0.25, 0.3) is 5.91 Å². The zero-order chi connectivity index (χ0) is 17.6. The molecule has 0 aliphatic heterocycles. The smallest absolute Gasteiger partial charge is 0.406 e. The summed E-state index contributed by atoms with van der Waals surface area (Å²) in [6, 6.07) is 11.5. The van der Waals surface area contributed by atoms with Crippen molar-refractivity contribution in [3.63, 3.8) is 0 Å². The Morgan fingerprint density at radius 2 is 1.83 bits per heavy atom. The van der Waals surface area contributed by atoms with Crippen LogP contribution >= 0.6 is 11.6 Å². The number of carbonyl (C=O) groups is 1. The first-order valence-electron chi connectivity index (χ1n) is 6.53. The maximum Gasteiger partial charge on any atom is 0.573 e. The summed E-state index contributed by atoms with van der Waals surface area (Å²) in [4.78, 5) is 11.6. The van der Waals surface area contributed by atoms with Crippen LogP contribution in [0.5, 0.6) is 5.75 Å². The van der Waals surface area contributed by atoms with Crippen molar-refractivity contribution in [2.24, 2.45) is 5.10 Å². The van der Waals surface area contributed by atoms with Crippen LogP contribution in [0.2, 0.25) is 5.02 Å². The van der Waals surface area contributed by atoms with Gasteiger partial charge in [0, 0.05) is 10.7 Å². The SMILES string of the molecule is O=C(/C=N/Nc1cccc(Cl)c1)Nc1ccc(OC(F)(F)F)cc1. The van der Waals surface area contributed by atoms with E-state index in [1.807, 2.05) is 0 Å². The van der Waals surface area contributed by atoms with Gasteiger partial charge in [0.15, 0.2) is 0 Å². The summed E-state index contributed by atoms with van der Waals surface area (Å²) in [7, 11) is 0. The predicted molar refractivity (Wildman–Crippen MR) is 85.3 cm³/mol. The van der Waals surface area contributed by atoms with Crippen molar-refractivity contribution in [2.75, 3.05) is 10.7 Å². The summed E-state index contributed by atoms with van der Waals surface area (Å²) in [6.07, 6.45) is -3.77. The lowest BCUT2D eigenvalue weighted by atomic mass is 10.3. The Labute approximate surface area is 140 Å². The first-order valence-corrected chi connectivity index (χ1v) is 6.91. The van der Waals surface area contributed by atoms with Crippen LogP contribution in [0.15, 0.2) is 53.6 Å². The quantitative estimate of drug-likeness (QED) is 0.620. The average molecular weight is 358 g/mol. The molecule has 0 saturated carbocycles. The molecule has 5 nitrogen and oxygen atoms in total. The molecular formula is C15H11ClF3N3O2. The summed E-state index contributed by atoms with van der Waals surface area (Å²) in [6.45, 7) is 0. The van der Waals surface area contributed by atoms with Gasteiger partial charge >= 0.3 is 6.36 Å². The average Bonchev–Trinajstić information content (AvgIpc) is 2.48. The number of anilines is 2. The highest BCUT2D eigenvalue weighted by atomic mass is 35.5. The Kier molecular flexibility index (Phi) is 5.64. The third-order valence-corrected chi connectivity index (χ3v) is 2.79. The molecule has 0 heterocycles. The molecule has 0 fully saturated rings. The van der Waals surface area contributed by atoms with Crippen molar-refractivity contribution in [2.45, 2.75) is 6.36 Å². The first-order chi connectivity index (χ1) is 11.3. The van der Waals surface area contributed by atoms with E-state index in [-0.39, 0.29) is 5.75 Å². The number of nitrogens with one attached hydrogen (secondary N) is 2. The summed E-state index contributed by atoms with van der Waals surface area (Å²) in [5.41, 5.74) is 3.51. The molecule has 0 bridgehead atoms. The second-order valence-corrected chi connectivity index (χ2v) is 4.88. The molecule has 0 saturated heterocycles. The number of hydrogen-bond donors (Lipinski definition) is 2. The van der Waals surface area contributed by atoms with Gasteiger partial charge in [-0.2, -0.15) is 5.10 Å². The number of benzene rings is 2. The minimum Gasteiger partial charge on any atom is -0.406 e. The van der Waals surface area contributed by atoms with Crippen molar-refractivity contribution in [3.05, 3.63) is 53.6 Å². The third-order valence-electron chi connectivity index (χ3n) is 2.56. The Hall–Kier alpha value is -2.74. The lowest BCUT2D eigenvalue weighted by Crippen LogP contribution is -2.17. The van der Waals surface area contributed by atoms with Gasteiger partial charge in [-0.05, 0) is 42.5 Å². The van der Waals surface area contributed by atoms with Crippen molar-refractivity contribution >= 4 is 35.1 Å². The van der Waals surface area contributed by atoms with E-state index in [4.69, 9.17) is 11.6 Å². The van der Waals surface area contributed by atoms with Crippen molar-refractivity contribution in [3.8, 4) is 5.75 Å². The molecule has 24 heavy (non-hydrogen) atoms. The van der Waals surface area contributed by atoms with E-state index >= 15 is 0 Å². The molecule has 2 N–H and O–H groups in total. The van der Waals surface area contributed by atoms with Crippen LogP contribution in [0.25, 0.3) is 0 Å². The maximum atomic E-state index is 12.0. The third kappa shape index (κ3) is 6.17. The Balaban J connectivity index is 1.86. The standard InChI is InChI=1S/C15H11ClF3N3O2/c16-10-2-1-3-12(8-10)22-20-9-14(23)21-11-4-6-13(7-5-11)24-15(17,18)19/h1-9,22H,(H,21,23)/b20-9+. The Bertz CT molecular complexity index is 733. The van der Waals surface area contributed by atoms with Crippen LogP contribution in [-0.4, -0.2) is 18.5 Å². The van der Waals surface area contributed by atoms with Gasteiger partial charge in [-0.15, -0.1) is 13.2 Å². The molecule has 0 spiro atoms. The molecule has 0 atom stereocenters. The van der Waals surface area contributed by atoms with Crippen LogP contribution in [0, 0.1) is 0 Å². The van der Waals surface area contributed by atoms with E-state index < -0.39 is 12.3 Å². The number of hydrazone groups is 1. The monoisotopic (exact) mass is 357 g/mol. The van der Waals surface area contributed by atoms with Crippen molar-refractivity contribution in [1.29, 1.82) is 0 Å². The number of amides is 1. The molecular weight excluding hydrogens is 347 g/mol. The number of hydrogen-bond acceptors (Lipinski definition) is 4. The zero-order valence-electron chi connectivity index (χ0n) is 12.0.